The standard InChI is InChI=1S/C18H15BrFN3O/c1-12(22-18(24)16-10-14(20)4-7-17(16)19)13-2-5-15(6-3-13)23-9-8-21-11-23/h2-12H,1H3,(H,22,24). The lowest BCUT2D eigenvalue weighted by atomic mass is 10.1. The summed E-state index contributed by atoms with van der Waals surface area (Å²) in [6, 6.07) is 11.6. The Kier molecular flexibility index (Phi) is 4.76. The zero-order valence-electron chi connectivity index (χ0n) is 12.9. The topological polar surface area (TPSA) is 46.9 Å². The van der Waals surface area contributed by atoms with Crippen molar-refractivity contribution in [1.29, 1.82) is 0 Å². The molecule has 1 unspecified atom stereocenters. The highest BCUT2D eigenvalue weighted by molar-refractivity contribution is 9.10. The summed E-state index contributed by atoms with van der Waals surface area (Å²) >= 11 is 3.27. The van der Waals surface area contributed by atoms with Crippen molar-refractivity contribution in [3.05, 3.63) is 82.6 Å². The van der Waals surface area contributed by atoms with Crippen LogP contribution in [0, 0.1) is 5.82 Å². The van der Waals surface area contributed by atoms with Gasteiger partial charge in [0.25, 0.3) is 5.91 Å². The summed E-state index contributed by atoms with van der Waals surface area (Å²) in [5.74, 6) is -0.770. The Labute approximate surface area is 147 Å². The molecule has 0 fully saturated rings. The van der Waals surface area contributed by atoms with Gasteiger partial charge in [0.05, 0.1) is 17.9 Å². The summed E-state index contributed by atoms with van der Waals surface area (Å²) in [5.41, 5.74) is 2.22. The Morgan fingerprint density at radius 2 is 2.00 bits per heavy atom. The third kappa shape index (κ3) is 3.54. The van der Waals surface area contributed by atoms with E-state index in [2.05, 4.69) is 26.2 Å². The van der Waals surface area contributed by atoms with Gasteiger partial charge in [-0.2, -0.15) is 0 Å². The average Bonchev–Trinajstić information content (AvgIpc) is 3.11. The number of carbonyl (C=O) groups excluding carboxylic acids is 1. The van der Waals surface area contributed by atoms with Crippen molar-refractivity contribution in [2.45, 2.75) is 13.0 Å². The van der Waals surface area contributed by atoms with Crippen LogP contribution in [0.1, 0.15) is 28.9 Å². The van der Waals surface area contributed by atoms with Crippen molar-refractivity contribution in [2.24, 2.45) is 0 Å². The number of hydrogen-bond donors (Lipinski definition) is 1. The van der Waals surface area contributed by atoms with E-state index in [-0.39, 0.29) is 17.5 Å². The Morgan fingerprint density at radius 3 is 2.67 bits per heavy atom. The number of halogens is 2. The maximum Gasteiger partial charge on any atom is 0.253 e. The maximum atomic E-state index is 13.3. The van der Waals surface area contributed by atoms with Gasteiger partial charge in [0.2, 0.25) is 0 Å². The summed E-state index contributed by atoms with van der Waals surface area (Å²) in [5, 5.41) is 2.88. The molecule has 0 spiro atoms. The molecule has 0 saturated carbocycles. The Balaban J connectivity index is 1.73. The first-order valence-electron chi connectivity index (χ1n) is 7.39. The van der Waals surface area contributed by atoms with Gasteiger partial charge in [0, 0.05) is 22.6 Å². The molecule has 6 heteroatoms. The minimum absolute atomic E-state index is 0.204. The first-order chi connectivity index (χ1) is 11.5. The molecule has 0 aliphatic heterocycles. The zero-order valence-corrected chi connectivity index (χ0v) is 14.5. The highest BCUT2D eigenvalue weighted by Crippen LogP contribution is 2.20. The molecule has 1 aromatic heterocycles. The zero-order chi connectivity index (χ0) is 17.1. The molecule has 3 aromatic rings. The average molecular weight is 388 g/mol. The van der Waals surface area contributed by atoms with Crippen LogP contribution < -0.4 is 5.32 Å². The van der Waals surface area contributed by atoms with Gasteiger partial charge in [-0.15, -0.1) is 0 Å². The highest BCUT2D eigenvalue weighted by atomic mass is 79.9. The van der Waals surface area contributed by atoms with Crippen molar-refractivity contribution >= 4 is 21.8 Å². The van der Waals surface area contributed by atoms with Gasteiger partial charge >= 0.3 is 0 Å². The third-order valence-electron chi connectivity index (χ3n) is 3.72. The number of rotatable bonds is 4. The van der Waals surface area contributed by atoms with E-state index in [0.717, 1.165) is 11.3 Å². The van der Waals surface area contributed by atoms with Crippen molar-refractivity contribution in [3.8, 4) is 5.69 Å². The minimum atomic E-state index is -0.444. The molecule has 3 rings (SSSR count). The fourth-order valence-electron chi connectivity index (χ4n) is 2.38. The molecule has 0 aliphatic rings. The number of hydrogen-bond acceptors (Lipinski definition) is 2. The van der Waals surface area contributed by atoms with Crippen LogP contribution in [0.4, 0.5) is 4.39 Å². The maximum absolute atomic E-state index is 13.3. The molecule has 4 nitrogen and oxygen atoms in total. The Hall–Kier alpha value is -2.47. The molecule has 1 heterocycles. The van der Waals surface area contributed by atoms with E-state index in [4.69, 9.17) is 0 Å². The van der Waals surface area contributed by atoms with Gasteiger partial charge in [-0.1, -0.05) is 12.1 Å². The van der Waals surface area contributed by atoms with Crippen molar-refractivity contribution < 1.29 is 9.18 Å². The van der Waals surface area contributed by atoms with E-state index in [1.54, 1.807) is 12.5 Å². The number of nitrogens with zero attached hydrogens (tertiary/aromatic N) is 2. The Bertz CT molecular complexity index is 847. The lowest BCUT2D eigenvalue weighted by molar-refractivity contribution is 0.0938. The SMILES string of the molecule is CC(NC(=O)c1cc(F)ccc1Br)c1ccc(-n2ccnc2)cc1. The largest absolute Gasteiger partial charge is 0.345 e. The number of carbonyl (C=O) groups is 1. The second-order valence-corrected chi connectivity index (χ2v) is 6.24. The van der Waals surface area contributed by atoms with E-state index in [9.17, 15) is 9.18 Å². The number of aromatic nitrogens is 2. The molecule has 0 saturated heterocycles. The van der Waals surface area contributed by atoms with Crippen LogP contribution in [0.5, 0.6) is 0 Å². The van der Waals surface area contributed by atoms with Gasteiger partial charge in [-0.25, -0.2) is 9.37 Å². The van der Waals surface area contributed by atoms with Crippen LogP contribution >= 0.6 is 15.9 Å². The molecule has 1 atom stereocenters. The van der Waals surface area contributed by atoms with E-state index in [1.165, 1.54) is 18.2 Å². The summed E-state index contributed by atoms with van der Waals surface area (Å²) < 4.78 is 15.8. The minimum Gasteiger partial charge on any atom is -0.345 e. The van der Waals surface area contributed by atoms with E-state index in [0.29, 0.717) is 4.47 Å². The first kappa shape index (κ1) is 16.4. The molecule has 122 valence electrons. The predicted octanol–water partition coefficient (Wildman–Crippen LogP) is 4.26. The molecular formula is C18H15BrFN3O. The van der Waals surface area contributed by atoms with Crippen LogP contribution in [0.2, 0.25) is 0 Å². The lowest BCUT2D eigenvalue weighted by Gasteiger charge is -2.15. The molecule has 1 amide bonds. The van der Waals surface area contributed by atoms with E-state index in [1.807, 2.05) is 42.0 Å². The highest BCUT2D eigenvalue weighted by Gasteiger charge is 2.15. The van der Waals surface area contributed by atoms with Gasteiger partial charge in [0.1, 0.15) is 5.82 Å². The third-order valence-corrected chi connectivity index (χ3v) is 4.41. The molecule has 2 aromatic carbocycles. The molecule has 0 radical (unpaired) electrons. The summed E-state index contributed by atoms with van der Waals surface area (Å²) in [6.07, 6.45) is 5.30. The van der Waals surface area contributed by atoms with Crippen LogP contribution in [0.3, 0.4) is 0 Å². The second-order valence-electron chi connectivity index (χ2n) is 5.38. The van der Waals surface area contributed by atoms with E-state index >= 15 is 0 Å². The summed E-state index contributed by atoms with van der Waals surface area (Å²) in [7, 11) is 0. The number of imidazole rings is 1. The number of benzene rings is 2. The van der Waals surface area contributed by atoms with Crippen LogP contribution in [-0.2, 0) is 0 Å². The molecule has 0 bridgehead atoms. The summed E-state index contributed by atoms with van der Waals surface area (Å²) in [4.78, 5) is 16.4. The van der Waals surface area contributed by atoms with Crippen molar-refractivity contribution in [3.63, 3.8) is 0 Å². The summed E-state index contributed by atoms with van der Waals surface area (Å²) in [6.45, 7) is 1.89. The van der Waals surface area contributed by atoms with Gasteiger partial charge < -0.3 is 9.88 Å². The molecular weight excluding hydrogens is 373 g/mol. The second kappa shape index (κ2) is 6.97. The molecule has 1 N–H and O–H groups in total. The first-order valence-corrected chi connectivity index (χ1v) is 8.18. The van der Waals surface area contributed by atoms with Crippen LogP contribution in [0.15, 0.2) is 65.7 Å². The quantitative estimate of drug-likeness (QED) is 0.726. The Morgan fingerprint density at radius 1 is 1.25 bits per heavy atom. The van der Waals surface area contributed by atoms with Crippen molar-refractivity contribution in [1.82, 2.24) is 14.9 Å². The molecule has 24 heavy (non-hydrogen) atoms. The normalized spacial score (nSPS) is 12.0. The van der Waals surface area contributed by atoms with Gasteiger partial charge in [-0.3, -0.25) is 4.79 Å². The van der Waals surface area contributed by atoms with Gasteiger partial charge in [-0.05, 0) is 58.7 Å². The number of amides is 1. The fourth-order valence-corrected chi connectivity index (χ4v) is 2.80. The van der Waals surface area contributed by atoms with Crippen LogP contribution in [-0.4, -0.2) is 15.5 Å². The van der Waals surface area contributed by atoms with Crippen LogP contribution in [0.25, 0.3) is 5.69 Å². The smallest absolute Gasteiger partial charge is 0.253 e. The molecule has 0 aliphatic carbocycles. The fraction of sp³-hybridized carbons (Fsp3) is 0.111. The predicted molar refractivity (Wildman–Crippen MR) is 93.5 cm³/mol. The van der Waals surface area contributed by atoms with Gasteiger partial charge in [0.15, 0.2) is 0 Å². The number of nitrogens with one attached hydrogen (secondary N) is 1. The van der Waals surface area contributed by atoms with E-state index < -0.39 is 5.82 Å². The monoisotopic (exact) mass is 387 g/mol. The lowest BCUT2D eigenvalue weighted by Crippen LogP contribution is -2.27. The van der Waals surface area contributed by atoms with Crippen molar-refractivity contribution in [2.75, 3.05) is 0 Å².